The Morgan fingerprint density at radius 3 is 2.64 bits per heavy atom. The van der Waals surface area contributed by atoms with E-state index in [1.165, 1.54) is 18.2 Å². The fraction of sp³-hybridized carbons (Fsp3) is 0.533. The number of carbonyl (C=O) groups is 1. The van der Waals surface area contributed by atoms with Gasteiger partial charge in [-0.15, -0.1) is 0 Å². The van der Waals surface area contributed by atoms with E-state index in [1.807, 2.05) is 0 Å². The number of halogens is 3. The van der Waals surface area contributed by atoms with Gasteiger partial charge in [-0.2, -0.15) is 24.9 Å². The molecular weight excluding hydrogens is 315 g/mol. The molecule has 3 nitrogen and oxygen atoms in total. The van der Waals surface area contributed by atoms with Gasteiger partial charge < -0.3 is 10.1 Å². The van der Waals surface area contributed by atoms with Crippen LogP contribution in [0, 0.1) is 0 Å². The number of hydrogen-bond donors (Lipinski definition) is 1. The molecule has 7 heteroatoms. The molecule has 1 aliphatic rings. The molecule has 2 rings (SSSR count). The minimum Gasteiger partial charge on any atom is -0.381 e. The van der Waals surface area contributed by atoms with Gasteiger partial charge in [0.2, 0.25) is 0 Å². The van der Waals surface area contributed by atoms with Crippen molar-refractivity contribution >= 4 is 17.7 Å². The monoisotopic (exact) mass is 333 g/mol. The van der Waals surface area contributed by atoms with Crippen molar-refractivity contribution in [2.24, 2.45) is 0 Å². The SMILES string of the molecule is O=C(NCCSC1CCOCC1)c1ccccc1C(F)(F)F. The lowest BCUT2D eigenvalue weighted by Crippen LogP contribution is -2.29. The van der Waals surface area contributed by atoms with E-state index < -0.39 is 17.6 Å². The van der Waals surface area contributed by atoms with Crippen molar-refractivity contribution in [2.75, 3.05) is 25.5 Å². The van der Waals surface area contributed by atoms with E-state index >= 15 is 0 Å². The number of ether oxygens (including phenoxy) is 1. The standard InChI is InChI=1S/C15H18F3NO2S/c16-15(17,18)13-4-2-1-3-12(13)14(20)19-7-10-22-11-5-8-21-9-6-11/h1-4,11H,5-10H2,(H,19,20). The molecule has 1 amide bonds. The van der Waals surface area contributed by atoms with Crippen LogP contribution >= 0.6 is 11.8 Å². The molecule has 1 fully saturated rings. The predicted molar refractivity (Wildman–Crippen MR) is 80.1 cm³/mol. The highest BCUT2D eigenvalue weighted by molar-refractivity contribution is 7.99. The average molecular weight is 333 g/mol. The van der Waals surface area contributed by atoms with Gasteiger partial charge in [-0.3, -0.25) is 4.79 Å². The van der Waals surface area contributed by atoms with Crippen molar-refractivity contribution < 1.29 is 22.7 Å². The van der Waals surface area contributed by atoms with Crippen LogP contribution in [-0.4, -0.2) is 36.7 Å². The lowest BCUT2D eigenvalue weighted by molar-refractivity contribution is -0.137. The highest BCUT2D eigenvalue weighted by Gasteiger charge is 2.34. The zero-order valence-corrected chi connectivity index (χ0v) is 12.8. The fourth-order valence-corrected chi connectivity index (χ4v) is 3.34. The van der Waals surface area contributed by atoms with Gasteiger partial charge in [0.25, 0.3) is 5.91 Å². The Hall–Kier alpha value is -1.21. The first kappa shape index (κ1) is 17.1. The molecule has 22 heavy (non-hydrogen) atoms. The summed E-state index contributed by atoms with van der Waals surface area (Å²) in [4.78, 5) is 11.9. The zero-order valence-electron chi connectivity index (χ0n) is 12.0. The topological polar surface area (TPSA) is 38.3 Å². The van der Waals surface area contributed by atoms with Gasteiger partial charge in [0.15, 0.2) is 0 Å². The number of carbonyl (C=O) groups excluding carboxylic acids is 1. The molecule has 1 aromatic rings. The second kappa shape index (κ2) is 7.87. The van der Waals surface area contributed by atoms with E-state index in [0.29, 0.717) is 17.5 Å². The van der Waals surface area contributed by atoms with E-state index in [1.54, 1.807) is 11.8 Å². The van der Waals surface area contributed by atoms with E-state index in [2.05, 4.69) is 5.32 Å². The van der Waals surface area contributed by atoms with E-state index in [0.717, 1.165) is 32.1 Å². The summed E-state index contributed by atoms with van der Waals surface area (Å²) in [5, 5.41) is 3.07. The summed E-state index contributed by atoms with van der Waals surface area (Å²) >= 11 is 1.73. The smallest absolute Gasteiger partial charge is 0.381 e. The Bertz CT molecular complexity index is 502. The number of alkyl halides is 3. The van der Waals surface area contributed by atoms with E-state index in [4.69, 9.17) is 4.74 Å². The first-order valence-corrected chi connectivity index (χ1v) is 8.17. The molecule has 0 saturated carbocycles. The second-order valence-electron chi connectivity index (χ2n) is 4.98. The molecule has 1 heterocycles. The van der Waals surface area contributed by atoms with Crippen LogP contribution in [-0.2, 0) is 10.9 Å². The quantitative estimate of drug-likeness (QED) is 0.840. The van der Waals surface area contributed by atoms with Crippen molar-refractivity contribution in [1.82, 2.24) is 5.32 Å². The molecule has 0 unspecified atom stereocenters. The number of hydrogen-bond acceptors (Lipinski definition) is 3. The van der Waals surface area contributed by atoms with Crippen LogP contribution < -0.4 is 5.32 Å². The normalized spacial score (nSPS) is 16.5. The van der Waals surface area contributed by atoms with Crippen molar-refractivity contribution in [2.45, 2.75) is 24.3 Å². The summed E-state index contributed by atoms with van der Waals surface area (Å²) in [7, 11) is 0. The summed E-state index contributed by atoms with van der Waals surface area (Å²) in [6.45, 7) is 1.86. The molecule has 1 N–H and O–H groups in total. The van der Waals surface area contributed by atoms with Gasteiger partial charge in [-0.25, -0.2) is 0 Å². The first-order valence-electron chi connectivity index (χ1n) is 7.12. The summed E-state index contributed by atoms with van der Waals surface area (Å²) in [5.74, 6) is 0.00502. The highest BCUT2D eigenvalue weighted by Crippen LogP contribution is 2.31. The third kappa shape index (κ3) is 4.91. The van der Waals surface area contributed by atoms with Gasteiger partial charge in [-0.1, -0.05) is 12.1 Å². The molecule has 1 aromatic carbocycles. The Balaban J connectivity index is 1.82. The van der Waals surface area contributed by atoms with Crippen LogP contribution in [0.25, 0.3) is 0 Å². The lowest BCUT2D eigenvalue weighted by atomic mass is 10.1. The van der Waals surface area contributed by atoms with E-state index in [9.17, 15) is 18.0 Å². The Labute approximate surface area is 131 Å². The van der Waals surface area contributed by atoms with Gasteiger partial charge in [0, 0.05) is 30.8 Å². The third-order valence-corrected chi connectivity index (χ3v) is 4.77. The summed E-state index contributed by atoms with van der Waals surface area (Å²) in [5.41, 5.74) is -1.23. The maximum Gasteiger partial charge on any atom is 0.417 e. The average Bonchev–Trinajstić information content (AvgIpc) is 2.51. The number of amides is 1. The van der Waals surface area contributed by atoms with Crippen molar-refractivity contribution in [3.05, 3.63) is 35.4 Å². The summed E-state index contributed by atoms with van der Waals surface area (Å²) in [6.07, 6.45) is -2.56. The van der Waals surface area contributed by atoms with Gasteiger partial charge in [0.1, 0.15) is 0 Å². The lowest BCUT2D eigenvalue weighted by Gasteiger charge is -2.21. The number of rotatable bonds is 5. The van der Waals surface area contributed by atoms with Crippen LogP contribution in [0.4, 0.5) is 13.2 Å². The minimum atomic E-state index is -4.52. The molecule has 0 atom stereocenters. The predicted octanol–water partition coefficient (Wildman–Crippen LogP) is 3.35. The van der Waals surface area contributed by atoms with Crippen molar-refractivity contribution in [3.63, 3.8) is 0 Å². The molecular formula is C15H18F3NO2S. The van der Waals surface area contributed by atoms with Crippen LogP contribution in [0.1, 0.15) is 28.8 Å². The number of thioether (sulfide) groups is 1. The molecule has 122 valence electrons. The molecule has 0 spiro atoms. The summed E-state index contributed by atoms with van der Waals surface area (Å²) in [6, 6.07) is 4.83. The Kier molecular flexibility index (Phi) is 6.14. The van der Waals surface area contributed by atoms with Gasteiger partial charge >= 0.3 is 6.18 Å². The van der Waals surface area contributed by atoms with E-state index in [-0.39, 0.29) is 5.56 Å². The van der Waals surface area contributed by atoms with Crippen molar-refractivity contribution in [3.8, 4) is 0 Å². The Morgan fingerprint density at radius 1 is 1.27 bits per heavy atom. The number of benzene rings is 1. The van der Waals surface area contributed by atoms with Crippen LogP contribution in [0.15, 0.2) is 24.3 Å². The molecule has 0 radical (unpaired) electrons. The molecule has 1 aliphatic heterocycles. The van der Waals surface area contributed by atoms with Gasteiger partial charge in [0.05, 0.1) is 11.1 Å². The molecule has 0 bridgehead atoms. The van der Waals surface area contributed by atoms with Gasteiger partial charge in [-0.05, 0) is 25.0 Å². The second-order valence-corrected chi connectivity index (χ2v) is 6.39. The molecule has 0 aliphatic carbocycles. The van der Waals surface area contributed by atoms with Crippen LogP contribution in [0.3, 0.4) is 0 Å². The summed E-state index contributed by atoms with van der Waals surface area (Å²) < 4.78 is 43.8. The fourth-order valence-electron chi connectivity index (χ4n) is 2.26. The zero-order chi connectivity index (χ0) is 16.0. The highest BCUT2D eigenvalue weighted by atomic mass is 32.2. The maximum atomic E-state index is 12.8. The maximum absolute atomic E-state index is 12.8. The van der Waals surface area contributed by atoms with Crippen LogP contribution in [0.2, 0.25) is 0 Å². The Morgan fingerprint density at radius 2 is 1.95 bits per heavy atom. The molecule has 0 aromatic heterocycles. The third-order valence-electron chi connectivity index (χ3n) is 3.39. The minimum absolute atomic E-state index is 0.328. The molecule has 1 saturated heterocycles. The van der Waals surface area contributed by atoms with Crippen LogP contribution in [0.5, 0.6) is 0 Å². The number of nitrogens with one attached hydrogen (secondary N) is 1. The van der Waals surface area contributed by atoms with Crippen molar-refractivity contribution in [1.29, 1.82) is 0 Å². The first-order chi connectivity index (χ1) is 10.5. The largest absolute Gasteiger partial charge is 0.417 e.